The Bertz CT molecular complexity index is 893. The van der Waals surface area contributed by atoms with Crippen molar-refractivity contribution < 1.29 is 19.4 Å². The van der Waals surface area contributed by atoms with E-state index in [1.54, 1.807) is 6.20 Å². The van der Waals surface area contributed by atoms with E-state index in [-0.39, 0.29) is 24.3 Å². The van der Waals surface area contributed by atoms with Crippen LogP contribution in [0.1, 0.15) is 63.7 Å². The maximum absolute atomic E-state index is 12.6. The number of hydrogen-bond donors (Lipinski definition) is 3. The van der Waals surface area contributed by atoms with Gasteiger partial charge in [-0.2, -0.15) is 0 Å². The SMILES string of the molecule is CC[C@]1(O)CC(C)C[C@H](C(C)Nc2c(C(=O)OCC(C)=O)cnc3[nH]ccc23)C1. The average molecular weight is 402 g/mol. The standard InChI is InChI=1S/C22H31N3O4/c1-5-22(28)9-13(2)8-16(10-22)15(4)25-19-17-6-7-23-20(17)24-11-18(19)21(27)29-12-14(3)26/h6-7,11,13,15-16,28H,5,8-10,12H2,1-4H3,(H2,23,24,25)/t13?,15?,16-,22-/m0/s1. The van der Waals surface area contributed by atoms with Gasteiger partial charge in [0.05, 0.1) is 11.3 Å². The highest BCUT2D eigenvalue weighted by Crippen LogP contribution is 2.40. The van der Waals surface area contributed by atoms with Crippen molar-refractivity contribution in [1.82, 2.24) is 9.97 Å². The summed E-state index contributed by atoms with van der Waals surface area (Å²) in [6, 6.07) is 1.90. The number of aliphatic hydroxyl groups is 1. The third-order valence-corrected chi connectivity index (χ3v) is 6.03. The van der Waals surface area contributed by atoms with Crippen molar-refractivity contribution in [2.75, 3.05) is 11.9 Å². The molecule has 0 aromatic carbocycles. The van der Waals surface area contributed by atoms with Crippen LogP contribution in [0.15, 0.2) is 18.5 Å². The first-order valence-corrected chi connectivity index (χ1v) is 10.3. The van der Waals surface area contributed by atoms with Gasteiger partial charge in [-0.05, 0) is 57.4 Å². The number of Topliss-reactive ketones (excluding diaryl/α,β-unsaturated/α-hetero) is 1. The summed E-state index contributed by atoms with van der Waals surface area (Å²) in [7, 11) is 0. The molecule has 0 saturated heterocycles. The molecule has 2 aromatic rings. The van der Waals surface area contributed by atoms with Crippen LogP contribution in [-0.2, 0) is 9.53 Å². The number of pyridine rings is 1. The number of anilines is 1. The molecule has 3 N–H and O–H groups in total. The molecule has 0 bridgehead atoms. The molecular formula is C22H31N3O4. The molecule has 4 atom stereocenters. The van der Waals surface area contributed by atoms with E-state index in [0.29, 0.717) is 22.8 Å². The predicted octanol–water partition coefficient (Wildman–Crippen LogP) is 3.69. The third kappa shape index (κ3) is 4.78. The number of ketones is 1. The minimum Gasteiger partial charge on any atom is -0.454 e. The summed E-state index contributed by atoms with van der Waals surface area (Å²) in [6.07, 6.45) is 6.56. The van der Waals surface area contributed by atoms with E-state index in [0.717, 1.165) is 31.1 Å². The fourth-order valence-corrected chi connectivity index (χ4v) is 4.48. The lowest BCUT2D eigenvalue weighted by molar-refractivity contribution is -0.120. The minimum atomic E-state index is -0.636. The summed E-state index contributed by atoms with van der Waals surface area (Å²) < 4.78 is 5.13. The maximum Gasteiger partial charge on any atom is 0.342 e. The molecule has 7 heteroatoms. The first-order valence-electron chi connectivity index (χ1n) is 10.3. The van der Waals surface area contributed by atoms with Crippen molar-refractivity contribution in [3.05, 3.63) is 24.0 Å². The van der Waals surface area contributed by atoms with E-state index in [1.807, 2.05) is 13.0 Å². The molecule has 0 spiro atoms. The Morgan fingerprint density at radius 1 is 1.45 bits per heavy atom. The molecule has 1 aliphatic carbocycles. The van der Waals surface area contributed by atoms with E-state index in [9.17, 15) is 14.7 Å². The highest BCUT2D eigenvalue weighted by atomic mass is 16.5. The van der Waals surface area contributed by atoms with Crippen molar-refractivity contribution in [3.8, 4) is 0 Å². The number of carbonyl (C=O) groups excluding carboxylic acids is 2. The summed E-state index contributed by atoms with van der Waals surface area (Å²) in [6.45, 7) is 7.41. The van der Waals surface area contributed by atoms with Crippen LogP contribution in [0.5, 0.6) is 0 Å². The van der Waals surface area contributed by atoms with Crippen LogP contribution in [0.4, 0.5) is 5.69 Å². The second-order valence-corrected chi connectivity index (χ2v) is 8.59. The van der Waals surface area contributed by atoms with Crippen molar-refractivity contribution in [3.63, 3.8) is 0 Å². The number of hydrogen-bond acceptors (Lipinski definition) is 6. The lowest BCUT2D eigenvalue weighted by Gasteiger charge is -2.42. The zero-order valence-electron chi connectivity index (χ0n) is 17.6. The first-order chi connectivity index (χ1) is 13.7. The topological polar surface area (TPSA) is 104 Å². The van der Waals surface area contributed by atoms with Crippen LogP contribution in [0, 0.1) is 11.8 Å². The molecule has 29 heavy (non-hydrogen) atoms. The molecule has 1 fully saturated rings. The number of aromatic nitrogens is 2. The molecule has 7 nitrogen and oxygen atoms in total. The number of rotatable bonds is 7. The minimum absolute atomic E-state index is 0.0377. The van der Waals surface area contributed by atoms with Crippen molar-refractivity contribution in [1.29, 1.82) is 0 Å². The Labute approximate surface area is 171 Å². The molecule has 158 valence electrons. The zero-order chi connectivity index (χ0) is 21.2. The van der Waals surface area contributed by atoms with Gasteiger partial charge in [0.15, 0.2) is 5.78 Å². The van der Waals surface area contributed by atoms with Gasteiger partial charge in [-0.3, -0.25) is 4.79 Å². The predicted molar refractivity (Wildman–Crippen MR) is 112 cm³/mol. The van der Waals surface area contributed by atoms with Gasteiger partial charge in [0.2, 0.25) is 0 Å². The molecule has 1 saturated carbocycles. The van der Waals surface area contributed by atoms with Crippen LogP contribution < -0.4 is 5.32 Å². The summed E-state index contributed by atoms with van der Waals surface area (Å²) in [5.74, 6) is -0.0841. The first kappa shape index (κ1) is 21.3. The molecule has 0 radical (unpaired) electrons. The Kier molecular flexibility index (Phi) is 6.27. The lowest BCUT2D eigenvalue weighted by atomic mass is 9.70. The van der Waals surface area contributed by atoms with Crippen molar-refractivity contribution in [2.24, 2.45) is 11.8 Å². The van der Waals surface area contributed by atoms with Gasteiger partial charge >= 0.3 is 5.97 Å². The number of ether oxygens (including phenoxy) is 1. The fraction of sp³-hybridized carbons (Fsp3) is 0.591. The average Bonchev–Trinajstić information content (AvgIpc) is 3.14. The normalized spacial score (nSPS) is 25.6. The van der Waals surface area contributed by atoms with E-state index < -0.39 is 11.6 Å². The molecule has 3 rings (SSSR count). The van der Waals surface area contributed by atoms with Crippen molar-refractivity contribution >= 4 is 28.5 Å². The number of nitrogens with zero attached hydrogens (tertiary/aromatic N) is 1. The molecule has 2 heterocycles. The summed E-state index contributed by atoms with van der Waals surface area (Å²) in [5.41, 5.74) is 0.990. The smallest absolute Gasteiger partial charge is 0.342 e. The Morgan fingerprint density at radius 3 is 2.90 bits per heavy atom. The fourth-order valence-electron chi connectivity index (χ4n) is 4.48. The highest BCUT2D eigenvalue weighted by molar-refractivity contribution is 6.04. The Morgan fingerprint density at radius 2 is 2.21 bits per heavy atom. The number of carbonyl (C=O) groups is 2. The van der Waals surface area contributed by atoms with E-state index >= 15 is 0 Å². The number of H-pyrrole nitrogens is 1. The number of fused-ring (bicyclic) bond motifs is 1. The molecule has 2 unspecified atom stereocenters. The lowest BCUT2D eigenvalue weighted by Crippen LogP contribution is -2.43. The van der Waals surface area contributed by atoms with Gasteiger partial charge in [-0.15, -0.1) is 0 Å². The van der Waals surface area contributed by atoms with Crippen LogP contribution in [0.2, 0.25) is 0 Å². The zero-order valence-corrected chi connectivity index (χ0v) is 17.6. The Hall–Kier alpha value is -2.41. The monoisotopic (exact) mass is 401 g/mol. The second kappa shape index (κ2) is 8.53. The summed E-state index contributed by atoms with van der Waals surface area (Å²) in [4.78, 5) is 31.2. The molecular weight excluding hydrogens is 370 g/mol. The largest absolute Gasteiger partial charge is 0.454 e. The van der Waals surface area contributed by atoms with Gasteiger partial charge < -0.3 is 20.1 Å². The number of nitrogens with one attached hydrogen (secondary N) is 2. The van der Waals surface area contributed by atoms with E-state index in [4.69, 9.17) is 4.74 Å². The summed E-state index contributed by atoms with van der Waals surface area (Å²) in [5, 5.41) is 15.2. The van der Waals surface area contributed by atoms with Gasteiger partial charge in [-0.25, -0.2) is 9.78 Å². The van der Waals surface area contributed by atoms with Crippen LogP contribution in [-0.4, -0.2) is 45.1 Å². The van der Waals surface area contributed by atoms with Crippen molar-refractivity contribution in [2.45, 2.75) is 65.0 Å². The number of esters is 1. The number of aromatic amines is 1. The Balaban J connectivity index is 1.88. The highest BCUT2D eigenvalue weighted by Gasteiger charge is 2.38. The van der Waals surface area contributed by atoms with Crippen LogP contribution in [0.25, 0.3) is 11.0 Å². The third-order valence-electron chi connectivity index (χ3n) is 6.03. The summed E-state index contributed by atoms with van der Waals surface area (Å²) >= 11 is 0. The van der Waals surface area contributed by atoms with E-state index in [1.165, 1.54) is 13.1 Å². The van der Waals surface area contributed by atoms with Crippen LogP contribution >= 0.6 is 0 Å². The van der Waals surface area contributed by atoms with E-state index in [2.05, 4.69) is 29.1 Å². The maximum atomic E-state index is 12.6. The van der Waals surface area contributed by atoms with Gasteiger partial charge in [-0.1, -0.05) is 13.8 Å². The van der Waals surface area contributed by atoms with Gasteiger partial charge in [0.1, 0.15) is 17.8 Å². The molecule has 0 amide bonds. The quantitative estimate of drug-likeness (QED) is 0.611. The molecule has 1 aliphatic rings. The second-order valence-electron chi connectivity index (χ2n) is 8.59. The molecule has 2 aromatic heterocycles. The molecule has 0 aliphatic heterocycles. The van der Waals surface area contributed by atoms with Crippen LogP contribution in [0.3, 0.4) is 0 Å². The van der Waals surface area contributed by atoms with Gasteiger partial charge in [0, 0.05) is 23.8 Å². The van der Waals surface area contributed by atoms with Gasteiger partial charge in [0.25, 0.3) is 0 Å².